The first-order valence-corrected chi connectivity index (χ1v) is 48.6. The van der Waals surface area contributed by atoms with E-state index in [0.29, 0.717) is 25.7 Å². The summed E-state index contributed by atoms with van der Waals surface area (Å²) in [5.41, 5.74) is 0. The van der Waals surface area contributed by atoms with E-state index in [9.17, 15) is 43.2 Å². The summed E-state index contributed by atoms with van der Waals surface area (Å²) in [5.74, 6) is -2.13. The van der Waals surface area contributed by atoms with Crippen LogP contribution in [0.15, 0.2) is 24.3 Å². The first-order chi connectivity index (χ1) is 52.7. The van der Waals surface area contributed by atoms with Gasteiger partial charge in [0.2, 0.25) is 0 Å². The Bertz CT molecular complexity index is 2130. The molecule has 0 amide bonds. The van der Waals surface area contributed by atoms with Crippen LogP contribution in [0.5, 0.6) is 0 Å². The highest BCUT2D eigenvalue weighted by Crippen LogP contribution is 2.45. The molecule has 0 fully saturated rings. The van der Waals surface area contributed by atoms with Gasteiger partial charge in [0.25, 0.3) is 0 Å². The van der Waals surface area contributed by atoms with Gasteiger partial charge in [-0.1, -0.05) is 412 Å². The minimum atomic E-state index is -4.97. The molecule has 0 bridgehead atoms. The highest BCUT2D eigenvalue weighted by atomic mass is 31.2. The molecule has 5 atom stereocenters. The van der Waals surface area contributed by atoms with Gasteiger partial charge >= 0.3 is 39.5 Å². The number of carbonyl (C=O) groups is 4. The van der Waals surface area contributed by atoms with Gasteiger partial charge in [0.15, 0.2) is 12.2 Å². The number of hydrogen-bond donors (Lipinski definition) is 3. The van der Waals surface area contributed by atoms with Gasteiger partial charge in [-0.2, -0.15) is 0 Å². The van der Waals surface area contributed by atoms with Crippen molar-refractivity contribution in [2.75, 3.05) is 39.6 Å². The predicted molar refractivity (Wildman–Crippen MR) is 446 cm³/mol. The largest absolute Gasteiger partial charge is 0.472 e. The van der Waals surface area contributed by atoms with Gasteiger partial charge in [-0.05, 0) is 51.4 Å². The number of rotatable bonds is 88. The normalized spacial score (nSPS) is 13.8. The molecule has 19 heteroatoms. The summed E-state index contributed by atoms with van der Waals surface area (Å²) in [7, 11) is -9.94. The van der Waals surface area contributed by atoms with E-state index < -0.39 is 97.5 Å². The summed E-state index contributed by atoms with van der Waals surface area (Å²) in [5, 5.41) is 10.7. The van der Waals surface area contributed by atoms with Crippen LogP contribution in [0.1, 0.15) is 464 Å². The minimum Gasteiger partial charge on any atom is -0.462 e. The fraction of sp³-hybridized carbons (Fsp3) is 0.910. The summed E-state index contributed by atoms with van der Waals surface area (Å²) in [6.45, 7) is 4.99. The van der Waals surface area contributed by atoms with Gasteiger partial charge in [0.05, 0.1) is 26.4 Å². The SMILES string of the molecule is CCCCCC/C=C\C=C/CCCCCCCC(=O)O[C@H](COC(=O)CCCCCCCCCCCC)COP(=O)(O)OC[C@H](O)COP(=O)(O)OC[C@@H](COC(=O)CCCCCCCCCCCCCCCCCCCCCCC)OC(=O)CCCCCCCCCCCCCCCCCCCCCCCC. The number of phosphoric ester groups is 2. The van der Waals surface area contributed by atoms with Crippen molar-refractivity contribution in [3.63, 3.8) is 0 Å². The van der Waals surface area contributed by atoms with E-state index >= 15 is 0 Å². The van der Waals surface area contributed by atoms with E-state index in [1.54, 1.807) is 0 Å². The van der Waals surface area contributed by atoms with Crippen LogP contribution in [-0.2, 0) is 65.4 Å². The highest BCUT2D eigenvalue weighted by Gasteiger charge is 2.30. The van der Waals surface area contributed by atoms with Crippen LogP contribution in [0.4, 0.5) is 0 Å². The van der Waals surface area contributed by atoms with Crippen LogP contribution in [0.2, 0.25) is 0 Å². The van der Waals surface area contributed by atoms with Crippen molar-refractivity contribution < 1.29 is 80.2 Å². The van der Waals surface area contributed by atoms with Crippen LogP contribution in [-0.4, -0.2) is 96.7 Å². The van der Waals surface area contributed by atoms with Crippen molar-refractivity contribution in [1.29, 1.82) is 0 Å². The molecule has 0 rings (SSSR count). The smallest absolute Gasteiger partial charge is 0.462 e. The van der Waals surface area contributed by atoms with Crippen molar-refractivity contribution in [3.8, 4) is 0 Å². The minimum absolute atomic E-state index is 0.0859. The number of ether oxygens (including phenoxy) is 4. The molecule has 0 aliphatic carbocycles. The van der Waals surface area contributed by atoms with Crippen molar-refractivity contribution in [2.45, 2.75) is 483 Å². The Morgan fingerprint density at radius 3 is 0.676 bits per heavy atom. The molecule has 638 valence electrons. The van der Waals surface area contributed by atoms with E-state index in [1.807, 2.05) is 0 Å². The molecule has 0 aromatic carbocycles. The number of aliphatic hydroxyl groups excluding tert-OH is 1. The third-order valence-corrected chi connectivity index (χ3v) is 22.4. The molecule has 0 aliphatic rings. The first kappa shape index (κ1) is 106. The number of allylic oxidation sites excluding steroid dienone is 4. The molecule has 2 unspecified atom stereocenters. The van der Waals surface area contributed by atoms with E-state index in [1.165, 1.54) is 283 Å². The molecule has 108 heavy (non-hydrogen) atoms. The fourth-order valence-electron chi connectivity index (χ4n) is 13.5. The number of esters is 4. The predicted octanol–water partition coefficient (Wildman–Crippen LogP) is 27.2. The monoisotopic (exact) mass is 1570 g/mol. The third kappa shape index (κ3) is 81.6. The van der Waals surface area contributed by atoms with Crippen LogP contribution >= 0.6 is 15.6 Å². The summed E-state index contributed by atoms with van der Waals surface area (Å²) in [4.78, 5) is 73.2. The topological polar surface area (TPSA) is 237 Å². The summed E-state index contributed by atoms with van der Waals surface area (Å²) in [6.07, 6.45) is 81.6. The zero-order chi connectivity index (χ0) is 78.9. The average Bonchev–Trinajstić information content (AvgIpc) is 0.901. The molecule has 0 saturated carbocycles. The second-order valence-electron chi connectivity index (χ2n) is 31.3. The van der Waals surface area contributed by atoms with E-state index in [2.05, 4.69) is 52.0 Å². The summed E-state index contributed by atoms with van der Waals surface area (Å²) < 4.78 is 68.9. The number of hydrogen-bond acceptors (Lipinski definition) is 15. The van der Waals surface area contributed by atoms with Gasteiger partial charge in [-0.3, -0.25) is 37.3 Å². The second kappa shape index (κ2) is 82.5. The lowest BCUT2D eigenvalue weighted by atomic mass is 10.0. The standard InChI is InChI=1S/C89H170O17P2/c1-5-9-13-17-21-25-29-32-35-37-39-41-43-45-47-50-53-56-60-64-68-72-76-89(94)106-85(80-100-87(92)74-70-66-62-58-54-51-49-46-44-42-40-38-36-33-30-26-22-18-14-10-6-2)82-104-108(97,98)102-78-83(90)77-101-107(95,96)103-81-84(79-99-86(91)73-69-65-61-57-28-24-20-16-12-8-4)105-88(93)75-71-67-63-59-55-52-48-34-31-27-23-19-15-11-7-3/h27,31,34,48,83-85,90H,5-26,28-30,32-33,35-47,49-82H2,1-4H3,(H,95,96)(H,97,98)/b31-27-,48-34-/t83-,84+,85+/m0/s1. The molecule has 0 spiro atoms. The van der Waals surface area contributed by atoms with Gasteiger partial charge in [0.1, 0.15) is 19.3 Å². The van der Waals surface area contributed by atoms with Crippen molar-refractivity contribution in [1.82, 2.24) is 0 Å². The quantitative estimate of drug-likeness (QED) is 0.0169. The zero-order valence-corrected chi connectivity index (χ0v) is 72.1. The molecule has 0 saturated heterocycles. The molecule has 0 aromatic heterocycles. The Morgan fingerprint density at radius 1 is 0.259 bits per heavy atom. The van der Waals surface area contributed by atoms with Crippen LogP contribution in [0.3, 0.4) is 0 Å². The lowest BCUT2D eigenvalue weighted by Gasteiger charge is -2.21. The zero-order valence-electron chi connectivity index (χ0n) is 70.3. The molecule has 17 nitrogen and oxygen atoms in total. The number of aliphatic hydroxyl groups is 1. The Labute approximate surface area is 663 Å². The maximum absolute atomic E-state index is 13.2. The van der Waals surface area contributed by atoms with E-state index in [-0.39, 0.29) is 25.7 Å². The van der Waals surface area contributed by atoms with Crippen molar-refractivity contribution >= 4 is 39.5 Å². The van der Waals surface area contributed by atoms with Crippen LogP contribution < -0.4 is 0 Å². The van der Waals surface area contributed by atoms with E-state index in [4.69, 9.17) is 37.0 Å². The van der Waals surface area contributed by atoms with Crippen LogP contribution in [0, 0.1) is 0 Å². The average molecular weight is 1570 g/mol. The van der Waals surface area contributed by atoms with Crippen molar-refractivity contribution in [2.24, 2.45) is 0 Å². The number of carbonyl (C=O) groups excluding carboxylic acids is 4. The van der Waals surface area contributed by atoms with Gasteiger partial charge < -0.3 is 33.8 Å². The number of unbranched alkanes of at least 4 members (excludes halogenated alkanes) is 59. The second-order valence-corrected chi connectivity index (χ2v) is 34.2. The summed E-state index contributed by atoms with van der Waals surface area (Å²) >= 11 is 0. The Morgan fingerprint density at radius 2 is 0.444 bits per heavy atom. The lowest BCUT2D eigenvalue weighted by Crippen LogP contribution is -2.30. The number of phosphoric acid groups is 2. The van der Waals surface area contributed by atoms with Crippen LogP contribution in [0.25, 0.3) is 0 Å². The van der Waals surface area contributed by atoms with Gasteiger partial charge in [0, 0.05) is 25.7 Å². The molecule has 0 aromatic rings. The van der Waals surface area contributed by atoms with Crippen molar-refractivity contribution in [3.05, 3.63) is 24.3 Å². The molecular weight excluding hydrogens is 1400 g/mol. The lowest BCUT2D eigenvalue weighted by molar-refractivity contribution is -0.161. The maximum atomic E-state index is 13.2. The molecule has 0 aliphatic heterocycles. The molecule has 0 radical (unpaired) electrons. The third-order valence-electron chi connectivity index (χ3n) is 20.5. The fourth-order valence-corrected chi connectivity index (χ4v) is 15.1. The van der Waals surface area contributed by atoms with Gasteiger partial charge in [-0.25, -0.2) is 9.13 Å². The molecular formula is C89H170O17P2. The Kier molecular flexibility index (Phi) is 80.6. The Hall–Kier alpha value is -2.46. The highest BCUT2D eigenvalue weighted by molar-refractivity contribution is 7.47. The van der Waals surface area contributed by atoms with Gasteiger partial charge in [-0.15, -0.1) is 0 Å². The van der Waals surface area contributed by atoms with E-state index in [0.717, 1.165) is 103 Å². The first-order valence-electron chi connectivity index (χ1n) is 45.6. The summed E-state index contributed by atoms with van der Waals surface area (Å²) in [6, 6.07) is 0. The molecule has 3 N–H and O–H groups in total. The Balaban J connectivity index is 5.23. The maximum Gasteiger partial charge on any atom is 0.472 e. The molecule has 0 heterocycles.